The molecule has 2 aliphatic rings. The lowest BCUT2D eigenvalue weighted by Crippen LogP contribution is -2.49. The number of fused-ring (bicyclic) bond motifs is 1. The minimum Gasteiger partial charge on any atom is -0.310 e. The van der Waals surface area contributed by atoms with Crippen molar-refractivity contribution in [2.45, 2.75) is 38.1 Å². The summed E-state index contributed by atoms with van der Waals surface area (Å²) >= 11 is 0. The number of likely N-dealkylation sites (tertiary alicyclic amines) is 1. The molecule has 0 radical (unpaired) electrons. The summed E-state index contributed by atoms with van der Waals surface area (Å²) in [5.41, 5.74) is 3.56. The molecule has 0 saturated carbocycles. The van der Waals surface area contributed by atoms with Crippen molar-refractivity contribution in [2.24, 2.45) is 0 Å². The van der Waals surface area contributed by atoms with Crippen molar-refractivity contribution in [1.29, 1.82) is 0 Å². The number of rotatable bonds is 3. The maximum absolute atomic E-state index is 13.1. The molecule has 2 aromatic rings. The maximum Gasteiger partial charge on any atom is 0.244 e. The smallest absolute Gasteiger partial charge is 0.244 e. The van der Waals surface area contributed by atoms with Gasteiger partial charge in [0.25, 0.3) is 0 Å². The third kappa shape index (κ3) is 2.73. The van der Waals surface area contributed by atoms with Gasteiger partial charge < -0.3 is 4.90 Å². The van der Waals surface area contributed by atoms with Crippen LogP contribution in [0.3, 0.4) is 0 Å². The number of nitrogens with zero attached hydrogens (tertiary/aromatic N) is 3. The van der Waals surface area contributed by atoms with E-state index in [-0.39, 0.29) is 11.9 Å². The van der Waals surface area contributed by atoms with Crippen LogP contribution in [0.4, 0.5) is 5.69 Å². The van der Waals surface area contributed by atoms with Gasteiger partial charge in [0.15, 0.2) is 0 Å². The summed E-state index contributed by atoms with van der Waals surface area (Å²) in [5.74, 6) is 0.674. The van der Waals surface area contributed by atoms with E-state index in [2.05, 4.69) is 46.3 Å². The van der Waals surface area contributed by atoms with Gasteiger partial charge in [-0.2, -0.15) is 5.10 Å². The van der Waals surface area contributed by atoms with E-state index in [0.29, 0.717) is 5.92 Å². The number of amides is 1. The first kappa shape index (κ1) is 15.4. The molecule has 126 valence electrons. The fraction of sp³-hybridized carbons (Fsp3) is 0.474. The number of carbonyl (C=O) groups excluding carboxylic acids is 1. The molecule has 24 heavy (non-hydrogen) atoms. The lowest BCUT2D eigenvalue weighted by Gasteiger charge is -2.37. The van der Waals surface area contributed by atoms with Gasteiger partial charge in [-0.3, -0.25) is 14.8 Å². The van der Waals surface area contributed by atoms with Crippen LogP contribution in [0.5, 0.6) is 0 Å². The SMILES string of the molecule is CC(C(=O)N1CCc2ccccc21)N1CCCC(c2ccn[nH]2)C1. The lowest BCUT2D eigenvalue weighted by molar-refractivity contribution is -0.123. The van der Waals surface area contributed by atoms with Gasteiger partial charge in [0, 0.05) is 36.6 Å². The minimum atomic E-state index is -0.0816. The Kier molecular flexibility index (Phi) is 4.10. The number of piperidine rings is 1. The van der Waals surface area contributed by atoms with Crippen LogP contribution in [-0.2, 0) is 11.2 Å². The van der Waals surface area contributed by atoms with Gasteiger partial charge in [0.2, 0.25) is 5.91 Å². The number of benzene rings is 1. The molecule has 2 unspecified atom stereocenters. The van der Waals surface area contributed by atoms with E-state index < -0.39 is 0 Å². The van der Waals surface area contributed by atoms with Crippen LogP contribution in [0.1, 0.15) is 36.9 Å². The van der Waals surface area contributed by atoms with Gasteiger partial charge in [0.05, 0.1) is 6.04 Å². The molecule has 2 atom stereocenters. The molecule has 1 fully saturated rings. The van der Waals surface area contributed by atoms with Gasteiger partial charge in [-0.1, -0.05) is 18.2 Å². The molecule has 1 N–H and O–H groups in total. The van der Waals surface area contributed by atoms with E-state index in [9.17, 15) is 4.79 Å². The van der Waals surface area contributed by atoms with Crippen LogP contribution in [0.15, 0.2) is 36.5 Å². The molecule has 0 aliphatic carbocycles. The minimum absolute atomic E-state index is 0.0816. The number of carbonyl (C=O) groups is 1. The number of aromatic amines is 1. The number of hydrogen-bond acceptors (Lipinski definition) is 3. The third-order valence-corrected chi connectivity index (χ3v) is 5.47. The molecule has 1 amide bonds. The second-order valence-corrected chi connectivity index (χ2v) is 6.89. The van der Waals surface area contributed by atoms with E-state index >= 15 is 0 Å². The van der Waals surface area contributed by atoms with Crippen LogP contribution in [-0.4, -0.2) is 46.7 Å². The normalized spacial score (nSPS) is 22.4. The molecule has 1 aromatic heterocycles. The molecule has 0 bridgehead atoms. The summed E-state index contributed by atoms with van der Waals surface area (Å²) in [6, 6.07) is 10.2. The predicted octanol–water partition coefficient (Wildman–Crippen LogP) is 2.57. The van der Waals surface area contributed by atoms with Crippen LogP contribution in [0.2, 0.25) is 0 Å². The first-order chi connectivity index (χ1) is 11.7. The van der Waals surface area contributed by atoms with Crippen molar-refractivity contribution in [3.05, 3.63) is 47.8 Å². The quantitative estimate of drug-likeness (QED) is 0.944. The number of H-pyrrole nitrogens is 1. The highest BCUT2D eigenvalue weighted by Crippen LogP contribution is 2.30. The molecule has 5 nitrogen and oxygen atoms in total. The van der Waals surface area contributed by atoms with E-state index in [0.717, 1.165) is 44.6 Å². The molecule has 2 aliphatic heterocycles. The summed E-state index contributed by atoms with van der Waals surface area (Å²) in [5, 5.41) is 7.16. The summed E-state index contributed by atoms with van der Waals surface area (Å²) in [7, 11) is 0. The van der Waals surface area contributed by atoms with Gasteiger partial charge in [-0.25, -0.2) is 0 Å². The van der Waals surface area contributed by atoms with Crippen molar-refractivity contribution in [3.63, 3.8) is 0 Å². The highest BCUT2D eigenvalue weighted by Gasteiger charge is 2.33. The Balaban J connectivity index is 1.47. The summed E-state index contributed by atoms with van der Waals surface area (Å²) < 4.78 is 0. The molecule has 1 aromatic carbocycles. The van der Waals surface area contributed by atoms with Crippen molar-refractivity contribution < 1.29 is 4.79 Å². The molecule has 5 heteroatoms. The Bertz CT molecular complexity index is 712. The number of nitrogens with one attached hydrogen (secondary N) is 1. The van der Waals surface area contributed by atoms with Crippen LogP contribution < -0.4 is 4.90 Å². The Morgan fingerprint density at radius 2 is 2.17 bits per heavy atom. The van der Waals surface area contributed by atoms with E-state index in [1.807, 2.05) is 17.2 Å². The second kappa shape index (κ2) is 6.40. The van der Waals surface area contributed by atoms with Crippen molar-refractivity contribution >= 4 is 11.6 Å². The van der Waals surface area contributed by atoms with Crippen LogP contribution in [0, 0.1) is 0 Å². The first-order valence-corrected chi connectivity index (χ1v) is 8.86. The maximum atomic E-state index is 13.1. The third-order valence-electron chi connectivity index (χ3n) is 5.47. The van der Waals surface area contributed by atoms with Crippen LogP contribution in [0.25, 0.3) is 0 Å². The van der Waals surface area contributed by atoms with Crippen molar-refractivity contribution in [1.82, 2.24) is 15.1 Å². The van der Waals surface area contributed by atoms with E-state index in [1.165, 1.54) is 11.3 Å². The largest absolute Gasteiger partial charge is 0.310 e. The lowest BCUT2D eigenvalue weighted by atomic mass is 9.94. The fourth-order valence-electron chi connectivity index (χ4n) is 4.05. The highest BCUT2D eigenvalue weighted by atomic mass is 16.2. The summed E-state index contributed by atoms with van der Waals surface area (Å²) in [6.45, 7) is 4.77. The number of para-hydroxylation sites is 1. The van der Waals surface area contributed by atoms with Gasteiger partial charge >= 0.3 is 0 Å². The number of anilines is 1. The monoisotopic (exact) mass is 324 g/mol. The topological polar surface area (TPSA) is 52.2 Å². The Labute approximate surface area is 142 Å². The zero-order valence-corrected chi connectivity index (χ0v) is 14.1. The van der Waals surface area contributed by atoms with Gasteiger partial charge in [-0.15, -0.1) is 0 Å². The average Bonchev–Trinajstić information content (AvgIpc) is 3.30. The summed E-state index contributed by atoms with van der Waals surface area (Å²) in [4.78, 5) is 17.4. The zero-order chi connectivity index (χ0) is 16.5. The first-order valence-electron chi connectivity index (χ1n) is 8.86. The van der Waals surface area contributed by atoms with Crippen molar-refractivity contribution in [2.75, 3.05) is 24.5 Å². The van der Waals surface area contributed by atoms with Gasteiger partial charge in [-0.05, 0) is 50.4 Å². The highest BCUT2D eigenvalue weighted by molar-refractivity contribution is 5.98. The number of hydrogen-bond donors (Lipinski definition) is 1. The average molecular weight is 324 g/mol. The number of aromatic nitrogens is 2. The van der Waals surface area contributed by atoms with Crippen LogP contribution >= 0.6 is 0 Å². The molecule has 4 rings (SSSR count). The van der Waals surface area contributed by atoms with E-state index in [4.69, 9.17) is 0 Å². The Morgan fingerprint density at radius 1 is 1.29 bits per heavy atom. The van der Waals surface area contributed by atoms with Crippen molar-refractivity contribution in [3.8, 4) is 0 Å². The predicted molar refractivity (Wildman–Crippen MR) is 94.1 cm³/mol. The van der Waals surface area contributed by atoms with Gasteiger partial charge in [0.1, 0.15) is 0 Å². The fourth-order valence-corrected chi connectivity index (χ4v) is 4.05. The van der Waals surface area contributed by atoms with E-state index in [1.54, 1.807) is 0 Å². The Morgan fingerprint density at radius 3 is 3.00 bits per heavy atom. The summed E-state index contributed by atoms with van der Waals surface area (Å²) in [6.07, 6.45) is 5.06. The standard InChI is InChI=1S/C19H24N4O/c1-14(19(24)23-12-9-15-5-2-3-7-18(15)23)22-11-4-6-16(13-22)17-8-10-20-21-17/h2-3,5,7-8,10,14,16H,4,6,9,11-13H2,1H3,(H,20,21). The molecular formula is C19H24N4O. The molecule has 0 spiro atoms. The Hall–Kier alpha value is -2.14. The molecule has 3 heterocycles. The molecular weight excluding hydrogens is 300 g/mol. The zero-order valence-electron chi connectivity index (χ0n) is 14.1. The second-order valence-electron chi connectivity index (χ2n) is 6.89. The molecule has 1 saturated heterocycles.